The van der Waals surface area contributed by atoms with Crippen LogP contribution < -0.4 is 0 Å². The quantitative estimate of drug-likeness (QED) is 0.837. The van der Waals surface area contributed by atoms with Gasteiger partial charge in [0.15, 0.2) is 0 Å². The Morgan fingerprint density at radius 1 is 1.32 bits per heavy atom. The molecule has 25 heavy (non-hydrogen) atoms. The maximum Gasteiger partial charge on any atom is 0.257 e. The van der Waals surface area contributed by atoms with E-state index in [-0.39, 0.29) is 17.7 Å². The van der Waals surface area contributed by atoms with Crippen molar-refractivity contribution in [1.82, 2.24) is 24.9 Å². The van der Waals surface area contributed by atoms with Gasteiger partial charge in [0.2, 0.25) is 5.91 Å². The highest BCUT2D eigenvalue weighted by Gasteiger charge is 2.29. The molecule has 0 bridgehead atoms. The van der Waals surface area contributed by atoms with Crippen molar-refractivity contribution < 1.29 is 14.3 Å². The molecule has 0 aliphatic carbocycles. The number of morpholine rings is 1. The molecule has 0 saturated carbocycles. The van der Waals surface area contributed by atoms with Crippen LogP contribution in [0, 0.1) is 0 Å². The molecule has 2 saturated heterocycles. The first-order valence-corrected chi connectivity index (χ1v) is 8.89. The molecule has 2 amide bonds. The van der Waals surface area contributed by atoms with Crippen molar-refractivity contribution in [1.29, 1.82) is 0 Å². The number of ether oxygens (including phenoxy) is 1. The molecule has 2 aliphatic heterocycles. The topological polar surface area (TPSA) is 81.8 Å². The summed E-state index contributed by atoms with van der Waals surface area (Å²) in [4.78, 5) is 30.4. The lowest BCUT2D eigenvalue weighted by atomic mass is 9.92. The van der Waals surface area contributed by atoms with Crippen molar-refractivity contribution in [2.45, 2.75) is 18.8 Å². The third-order valence-corrected chi connectivity index (χ3v) is 4.97. The fourth-order valence-corrected chi connectivity index (χ4v) is 3.48. The van der Waals surface area contributed by atoms with Gasteiger partial charge in [-0.1, -0.05) is 0 Å². The van der Waals surface area contributed by atoms with Gasteiger partial charge in [-0.2, -0.15) is 5.10 Å². The molecule has 0 aromatic carbocycles. The molecule has 1 N–H and O–H groups in total. The minimum Gasteiger partial charge on any atom is -0.378 e. The lowest BCUT2D eigenvalue weighted by molar-refractivity contribution is -0.130. The van der Waals surface area contributed by atoms with Crippen molar-refractivity contribution >= 4 is 11.8 Å². The second-order valence-electron chi connectivity index (χ2n) is 6.96. The first-order valence-electron chi connectivity index (χ1n) is 8.89. The number of nitrogens with one attached hydrogen (secondary N) is 1. The summed E-state index contributed by atoms with van der Waals surface area (Å²) in [5.74, 6) is 0.328. The fraction of sp³-hybridized carbons (Fsp3) is 0.706. The Kier molecular flexibility index (Phi) is 5.70. The van der Waals surface area contributed by atoms with Gasteiger partial charge in [-0.15, -0.1) is 0 Å². The molecule has 0 radical (unpaired) electrons. The molecule has 3 heterocycles. The summed E-state index contributed by atoms with van der Waals surface area (Å²) in [6, 6.07) is 0. The summed E-state index contributed by atoms with van der Waals surface area (Å²) in [5.41, 5.74) is 1.56. The van der Waals surface area contributed by atoms with E-state index in [0.29, 0.717) is 38.4 Å². The average molecular weight is 349 g/mol. The van der Waals surface area contributed by atoms with Crippen molar-refractivity contribution in [3.63, 3.8) is 0 Å². The summed E-state index contributed by atoms with van der Waals surface area (Å²) < 4.78 is 5.32. The number of aromatic nitrogens is 2. The first kappa shape index (κ1) is 17.9. The number of aromatic amines is 1. The SMILES string of the molecule is CN(C)C(=O)CN1CCC[C@@H](c2[nH]ncc2C(=O)N2CCOCC2)C1. The van der Waals surface area contributed by atoms with Gasteiger partial charge in [0.1, 0.15) is 0 Å². The number of carbonyl (C=O) groups excluding carboxylic acids is 2. The van der Waals surface area contributed by atoms with Gasteiger partial charge in [-0.05, 0) is 19.4 Å². The largest absolute Gasteiger partial charge is 0.378 e. The predicted molar refractivity (Wildman–Crippen MR) is 92.4 cm³/mol. The van der Waals surface area contributed by atoms with Crippen molar-refractivity contribution in [3.05, 3.63) is 17.5 Å². The second-order valence-corrected chi connectivity index (χ2v) is 6.96. The lowest BCUT2D eigenvalue weighted by Crippen LogP contribution is -2.43. The Hall–Kier alpha value is -1.93. The molecule has 3 rings (SSSR count). The Labute approximate surface area is 148 Å². The monoisotopic (exact) mass is 349 g/mol. The second kappa shape index (κ2) is 7.97. The summed E-state index contributed by atoms with van der Waals surface area (Å²) >= 11 is 0. The molecule has 8 nitrogen and oxygen atoms in total. The Morgan fingerprint density at radius 2 is 2.08 bits per heavy atom. The van der Waals surface area contributed by atoms with Gasteiger partial charge in [-0.25, -0.2) is 0 Å². The van der Waals surface area contributed by atoms with Crippen LogP contribution in [0.2, 0.25) is 0 Å². The smallest absolute Gasteiger partial charge is 0.257 e. The maximum absolute atomic E-state index is 12.8. The summed E-state index contributed by atoms with van der Waals surface area (Å²) in [6.45, 7) is 4.52. The molecule has 0 unspecified atom stereocenters. The third kappa shape index (κ3) is 4.19. The van der Waals surface area contributed by atoms with Crippen LogP contribution in [0.25, 0.3) is 0 Å². The van der Waals surface area contributed by atoms with E-state index in [4.69, 9.17) is 4.74 Å². The van der Waals surface area contributed by atoms with E-state index in [1.54, 1.807) is 25.2 Å². The number of hydrogen-bond donors (Lipinski definition) is 1. The minimum absolute atomic E-state index is 0.0218. The number of likely N-dealkylation sites (N-methyl/N-ethyl adjacent to an activating group) is 1. The Morgan fingerprint density at radius 3 is 2.80 bits per heavy atom. The standard InChI is InChI=1S/C17H27N5O3/c1-20(2)15(23)12-21-5-3-4-13(11-21)16-14(10-18-19-16)17(24)22-6-8-25-9-7-22/h10,13H,3-9,11-12H2,1-2H3,(H,18,19)/t13-/m1/s1. The van der Waals surface area contributed by atoms with Crippen LogP contribution in [0.4, 0.5) is 0 Å². The van der Waals surface area contributed by atoms with E-state index < -0.39 is 0 Å². The number of carbonyl (C=O) groups is 2. The van der Waals surface area contributed by atoms with Crippen molar-refractivity contribution in [2.75, 3.05) is 60.0 Å². The third-order valence-electron chi connectivity index (χ3n) is 4.97. The van der Waals surface area contributed by atoms with Crippen molar-refractivity contribution in [3.8, 4) is 0 Å². The lowest BCUT2D eigenvalue weighted by Gasteiger charge is -2.33. The van der Waals surface area contributed by atoms with Crippen LogP contribution in [-0.2, 0) is 9.53 Å². The van der Waals surface area contributed by atoms with Gasteiger partial charge in [-0.3, -0.25) is 19.6 Å². The average Bonchev–Trinajstić information content (AvgIpc) is 3.11. The van der Waals surface area contributed by atoms with Crippen LogP contribution >= 0.6 is 0 Å². The van der Waals surface area contributed by atoms with Crippen LogP contribution in [0.5, 0.6) is 0 Å². The molecule has 2 fully saturated rings. The van der Waals surface area contributed by atoms with Crippen LogP contribution in [0.3, 0.4) is 0 Å². The number of piperidine rings is 1. The first-order chi connectivity index (χ1) is 12.1. The zero-order chi connectivity index (χ0) is 17.8. The summed E-state index contributed by atoms with van der Waals surface area (Å²) in [6.07, 6.45) is 3.64. The molecule has 1 atom stereocenters. The minimum atomic E-state index is 0.0218. The number of nitrogens with zero attached hydrogens (tertiary/aromatic N) is 4. The van der Waals surface area contributed by atoms with Crippen LogP contribution in [0.1, 0.15) is 34.8 Å². The van der Waals surface area contributed by atoms with E-state index in [9.17, 15) is 9.59 Å². The van der Waals surface area contributed by atoms with E-state index in [2.05, 4.69) is 15.1 Å². The normalized spacial score (nSPS) is 22.0. The summed E-state index contributed by atoms with van der Waals surface area (Å²) in [5, 5.41) is 7.17. The highest BCUT2D eigenvalue weighted by Crippen LogP contribution is 2.28. The molecule has 1 aromatic heterocycles. The number of likely N-dealkylation sites (tertiary alicyclic amines) is 1. The van der Waals surface area contributed by atoms with E-state index in [1.807, 2.05) is 4.90 Å². The number of rotatable bonds is 4. The van der Waals surface area contributed by atoms with Gasteiger partial charge < -0.3 is 14.5 Å². The fourth-order valence-electron chi connectivity index (χ4n) is 3.48. The highest BCUT2D eigenvalue weighted by molar-refractivity contribution is 5.95. The van der Waals surface area contributed by atoms with Crippen LogP contribution in [-0.4, -0.2) is 96.7 Å². The zero-order valence-corrected chi connectivity index (χ0v) is 15.0. The zero-order valence-electron chi connectivity index (χ0n) is 15.0. The molecule has 0 spiro atoms. The number of hydrogen-bond acceptors (Lipinski definition) is 5. The van der Waals surface area contributed by atoms with E-state index >= 15 is 0 Å². The predicted octanol–water partition coefficient (Wildman–Crippen LogP) is 0.150. The van der Waals surface area contributed by atoms with Gasteiger partial charge in [0.25, 0.3) is 5.91 Å². The molecule has 2 aliphatic rings. The molecule has 8 heteroatoms. The molecular formula is C17H27N5O3. The van der Waals surface area contributed by atoms with E-state index in [0.717, 1.165) is 31.6 Å². The van der Waals surface area contributed by atoms with Gasteiger partial charge in [0, 0.05) is 39.6 Å². The Balaban J connectivity index is 1.68. The number of amides is 2. The molecule has 138 valence electrons. The van der Waals surface area contributed by atoms with Gasteiger partial charge in [0.05, 0.1) is 37.2 Å². The number of H-pyrrole nitrogens is 1. The van der Waals surface area contributed by atoms with E-state index in [1.165, 1.54) is 0 Å². The molecule has 1 aromatic rings. The molecular weight excluding hydrogens is 322 g/mol. The van der Waals surface area contributed by atoms with Crippen molar-refractivity contribution in [2.24, 2.45) is 0 Å². The highest BCUT2D eigenvalue weighted by atomic mass is 16.5. The van der Waals surface area contributed by atoms with Gasteiger partial charge >= 0.3 is 0 Å². The maximum atomic E-state index is 12.8. The Bertz CT molecular complexity index is 609. The summed E-state index contributed by atoms with van der Waals surface area (Å²) in [7, 11) is 3.55. The van der Waals surface area contributed by atoms with Crippen LogP contribution in [0.15, 0.2) is 6.20 Å².